The maximum absolute atomic E-state index is 13.2. The molecule has 1 saturated heterocycles. The van der Waals surface area contributed by atoms with E-state index in [4.69, 9.17) is 22.1 Å². The summed E-state index contributed by atoms with van der Waals surface area (Å²) >= 11 is 5.46. The minimum Gasteiger partial charge on any atom is -0.386 e. The highest BCUT2D eigenvalue weighted by Crippen LogP contribution is 2.38. The average Bonchev–Trinajstić information content (AvgIpc) is 2.47. The molecule has 1 heterocycles. The summed E-state index contributed by atoms with van der Waals surface area (Å²) in [4.78, 5) is 5.57. The lowest BCUT2D eigenvalue weighted by Gasteiger charge is -2.29. The molecule has 0 amide bonds. The number of benzene rings is 1. The Labute approximate surface area is 125 Å². The molecule has 0 unspecified atom stereocenters. The third-order valence-corrected chi connectivity index (χ3v) is 3.34. The van der Waals surface area contributed by atoms with Gasteiger partial charge in [-0.25, -0.2) is 4.99 Å². The summed E-state index contributed by atoms with van der Waals surface area (Å²) in [6.07, 6.45) is -4.51. The van der Waals surface area contributed by atoms with Crippen LogP contribution in [0, 0.1) is 0 Å². The summed E-state index contributed by atoms with van der Waals surface area (Å²) in [5.74, 6) is -0.177. The van der Waals surface area contributed by atoms with Crippen LogP contribution >= 0.6 is 11.6 Å². The average molecular weight is 322 g/mol. The van der Waals surface area contributed by atoms with Crippen LogP contribution in [0.3, 0.4) is 0 Å². The van der Waals surface area contributed by atoms with Crippen LogP contribution in [-0.2, 0) is 10.9 Å². The Bertz CT molecular complexity index is 528. The summed E-state index contributed by atoms with van der Waals surface area (Å²) in [5, 5.41) is 0. The van der Waals surface area contributed by atoms with Crippen LogP contribution in [0.1, 0.15) is 5.56 Å². The minimum atomic E-state index is -4.51. The van der Waals surface area contributed by atoms with Crippen molar-refractivity contribution >= 4 is 28.8 Å². The number of ether oxygens (including phenoxy) is 1. The molecule has 0 saturated carbocycles. The van der Waals surface area contributed by atoms with Crippen molar-refractivity contribution in [2.75, 3.05) is 37.1 Å². The van der Waals surface area contributed by atoms with Crippen molar-refractivity contribution in [2.24, 2.45) is 10.7 Å². The van der Waals surface area contributed by atoms with Gasteiger partial charge >= 0.3 is 6.18 Å². The Kier molecular flexibility index (Phi) is 4.95. The van der Waals surface area contributed by atoms with Crippen LogP contribution in [0.2, 0.25) is 0 Å². The zero-order valence-corrected chi connectivity index (χ0v) is 11.9. The lowest BCUT2D eigenvalue weighted by molar-refractivity contribution is -0.137. The summed E-state index contributed by atoms with van der Waals surface area (Å²) in [7, 11) is 0. The SMILES string of the molecule is NC(CCl)=Nc1ccc(N2CCOCC2)cc1C(F)(F)F. The molecule has 1 fully saturated rings. The first-order chi connectivity index (χ1) is 9.91. The van der Waals surface area contributed by atoms with Crippen molar-refractivity contribution in [1.29, 1.82) is 0 Å². The Morgan fingerprint density at radius 1 is 1.33 bits per heavy atom. The molecule has 0 radical (unpaired) electrons. The topological polar surface area (TPSA) is 50.8 Å². The van der Waals surface area contributed by atoms with E-state index >= 15 is 0 Å². The molecule has 0 atom stereocenters. The van der Waals surface area contributed by atoms with E-state index in [0.29, 0.717) is 32.0 Å². The van der Waals surface area contributed by atoms with Gasteiger partial charge in [-0.15, -0.1) is 11.6 Å². The number of anilines is 1. The van der Waals surface area contributed by atoms with E-state index in [2.05, 4.69) is 4.99 Å². The van der Waals surface area contributed by atoms with Gasteiger partial charge in [0.25, 0.3) is 0 Å². The molecular formula is C13H15ClF3N3O. The summed E-state index contributed by atoms with van der Waals surface area (Å²) in [6.45, 7) is 2.12. The van der Waals surface area contributed by atoms with Gasteiger partial charge in [0.1, 0.15) is 5.84 Å². The molecule has 21 heavy (non-hydrogen) atoms. The van der Waals surface area contributed by atoms with Gasteiger partial charge in [0.2, 0.25) is 0 Å². The second-order valence-electron chi connectivity index (χ2n) is 4.54. The Morgan fingerprint density at radius 2 is 2.00 bits per heavy atom. The van der Waals surface area contributed by atoms with Gasteiger partial charge in [-0.05, 0) is 18.2 Å². The number of morpholine rings is 1. The smallest absolute Gasteiger partial charge is 0.386 e. The number of amidine groups is 1. The Morgan fingerprint density at radius 3 is 2.57 bits per heavy atom. The summed E-state index contributed by atoms with van der Waals surface area (Å²) in [5.41, 5.74) is 4.87. The number of hydrogen-bond donors (Lipinski definition) is 1. The number of halogens is 4. The quantitative estimate of drug-likeness (QED) is 0.529. The largest absolute Gasteiger partial charge is 0.418 e. The first kappa shape index (κ1) is 15.9. The van der Waals surface area contributed by atoms with Crippen LogP contribution in [0.25, 0.3) is 0 Å². The minimum absolute atomic E-state index is 0.0544. The maximum atomic E-state index is 13.2. The highest BCUT2D eigenvalue weighted by molar-refractivity contribution is 6.28. The van der Waals surface area contributed by atoms with Gasteiger partial charge in [-0.2, -0.15) is 13.2 Å². The van der Waals surface area contributed by atoms with E-state index in [-0.39, 0.29) is 17.4 Å². The van der Waals surface area contributed by atoms with Crippen molar-refractivity contribution in [1.82, 2.24) is 0 Å². The van der Waals surface area contributed by atoms with E-state index in [1.165, 1.54) is 6.07 Å². The molecule has 1 aromatic carbocycles. The zero-order chi connectivity index (χ0) is 15.5. The molecule has 4 nitrogen and oxygen atoms in total. The third kappa shape index (κ3) is 4.01. The summed E-state index contributed by atoms with van der Waals surface area (Å²) in [6, 6.07) is 4.00. The van der Waals surface area contributed by atoms with E-state index in [1.54, 1.807) is 6.07 Å². The molecule has 1 aromatic rings. The van der Waals surface area contributed by atoms with Crippen molar-refractivity contribution < 1.29 is 17.9 Å². The lowest BCUT2D eigenvalue weighted by atomic mass is 10.1. The zero-order valence-electron chi connectivity index (χ0n) is 11.2. The Hall–Kier alpha value is -1.47. The van der Waals surface area contributed by atoms with Crippen LogP contribution in [-0.4, -0.2) is 38.0 Å². The van der Waals surface area contributed by atoms with Gasteiger partial charge in [-0.1, -0.05) is 0 Å². The molecule has 1 aliphatic rings. The van der Waals surface area contributed by atoms with E-state index in [1.807, 2.05) is 4.90 Å². The highest BCUT2D eigenvalue weighted by atomic mass is 35.5. The molecule has 8 heteroatoms. The molecule has 1 aliphatic heterocycles. The molecule has 0 spiro atoms. The predicted octanol–water partition coefficient (Wildman–Crippen LogP) is 2.77. The fourth-order valence-corrected chi connectivity index (χ4v) is 2.11. The Balaban J connectivity index is 2.39. The van der Waals surface area contributed by atoms with Gasteiger partial charge in [-0.3, -0.25) is 0 Å². The molecule has 0 aromatic heterocycles. The molecular weight excluding hydrogens is 307 g/mol. The van der Waals surface area contributed by atoms with Crippen molar-refractivity contribution in [2.45, 2.75) is 6.18 Å². The monoisotopic (exact) mass is 321 g/mol. The second kappa shape index (κ2) is 6.53. The van der Waals surface area contributed by atoms with Crippen LogP contribution in [0.15, 0.2) is 23.2 Å². The van der Waals surface area contributed by atoms with Crippen molar-refractivity contribution in [3.8, 4) is 0 Å². The van der Waals surface area contributed by atoms with E-state index in [9.17, 15) is 13.2 Å². The van der Waals surface area contributed by atoms with Gasteiger partial charge in [0, 0.05) is 18.8 Å². The summed E-state index contributed by atoms with van der Waals surface area (Å²) < 4.78 is 44.7. The fourth-order valence-electron chi connectivity index (χ4n) is 2.05. The number of hydrogen-bond acceptors (Lipinski definition) is 3. The molecule has 0 bridgehead atoms. The van der Waals surface area contributed by atoms with E-state index in [0.717, 1.165) is 6.07 Å². The van der Waals surface area contributed by atoms with Gasteiger partial charge in [0.15, 0.2) is 0 Å². The number of aliphatic imine (C=N–C) groups is 1. The van der Waals surface area contributed by atoms with Crippen molar-refractivity contribution in [3.63, 3.8) is 0 Å². The predicted molar refractivity (Wildman–Crippen MR) is 76.5 cm³/mol. The normalized spacial score (nSPS) is 17.1. The first-order valence-electron chi connectivity index (χ1n) is 6.35. The van der Waals surface area contributed by atoms with E-state index < -0.39 is 11.7 Å². The van der Waals surface area contributed by atoms with Crippen molar-refractivity contribution in [3.05, 3.63) is 23.8 Å². The standard InChI is InChI=1S/C13H15ClF3N3O/c14-8-12(18)19-11-2-1-9(7-10(11)13(15,16)17)20-3-5-21-6-4-20/h1-2,7H,3-6,8H2,(H2,18,19). The van der Waals surface area contributed by atoms with Gasteiger partial charge in [0.05, 0.1) is 30.3 Å². The van der Waals surface area contributed by atoms with Crippen LogP contribution < -0.4 is 10.6 Å². The molecule has 116 valence electrons. The van der Waals surface area contributed by atoms with Gasteiger partial charge < -0.3 is 15.4 Å². The third-order valence-electron chi connectivity index (χ3n) is 3.06. The molecule has 0 aliphatic carbocycles. The molecule has 2 N–H and O–H groups in total. The number of rotatable bonds is 3. The van der Waals surface area contributed by atoms with Crippen LogP contribution in [0.4, 0.5) is 24.5 Å². The second-order valence-corrected chi connectivity index (χ2v) is 4.80. The molecule has 2 rings (SSSR count). The first-order valence-corrected chi connectivity index (χ1v) is 6.88. The maximum Gasteiger partial charge on any atom is 0.418 e. The van der Waals surface area contributed by atoms with Crippen LogP contribution in [0.5, 0.6) is 0 Å². The fraction of sp³-hybridized carbons (Fsp3) is 0.462. The number of nitrogens with zero attached hydrogens (tertiary/aromatic N) is 2. The number of alkyl halides is 4. The lowest BCUT2D eigenvalue weighted by Crippen LogP contribution is -2.36. The highest BCUT2D eigenvalue weighted by Gasteiger charge is 2.34. The number of nitrogens with two attached hydrogens (primary N) is 1.